The van der Waals surface area contributed by atoms with Gasteiger partial charge in [0.2, 0.25) is 0 Å². The second-order valence-corrected chi connectivity index (χ2v) is 5.91. The van der Waals surface area contributed by atoms with E-state index in [2.05, 4.69) is 21.3 Å². The average molecular weight is 343 g/mol. The van der Waals surface area contributed by atoms with E-state index in [1.165, 1.54) is 5.56 Å². The molecular formula is C19H25N3O3. The van der Waals surface area contributed by atoms with Gasteiger partial charge in [0.15, 0.2) is 0 Å². The number of methoxy groups -OCH3 is 2. The number of nitrogens with one attached hydrogen (secondary N) is 1. The van der Waals surface area contributed by atoms with Gasteiger partial charge in [-0.25, -0.2) is 4.98 Å². The molecule has 25 heavy (non-hydrogen) atoms. The Bertz CT molecular complexity index is 665. The molecule has 0 bridgehead atoms. The van der Waals surface area contributed by atoms with Gasteiger partial charge in [0.1, 0.15) is 17.3 Å². The molecule has 1 N–H and O–H groups in total. The molecule has 0 amide bonds. The second-order valence-electron chi connectivity index (χ2n) is 5.91. The lowest BCUT2D eigenvalue weighted by atomic mass is 10.2. The van der Waals surface area contributed by atoms with Crippen LogP contribution in [0.15, 0.2) is 36.5 Å². The van der Waals surface area contributed by atoms with E-state index < -0.39 is 0 Å². The van der Waals surface area contributed by atoms with Gasteiger partial charge >= 0.3 is 0 Å². The van der Waals surface area contributed by atoms with Crippen LogP contribution in [0.1, 0.15) is 11.1 Å². The van der Waals surface area contributed by atoms with Crippen molar-refractivity contribution in [2.45, 2.75) is 13.1 Å². The molecule has 0 atom stereocenters. The summed E-state index contributed by atoms with van der Waals surface area (Å²) in [5.41, 5.74) is 2.31. The summed E-state index contributed by atoms with van der Waals surface area (Å²) in [7, 11) is 3.33. The lowest BCUT2D eigenvalue weighted by molar-refractivity contribution is 0.122. The van der Waals surface area contributed by atoms with Crippen LogP contribution in [0.3, 0.4) is 0 Å². The summed E-state index contributed by atoms with van der Waals surface area (Å²) < 4.78 is 16.1. The molecule has 6 nitrogen and oxygen atoms in total. The first kappa shape index (κ1) is 17.5. The van der Waals surface area contributed by atoms with Gasteiger partial charge in [-0.1, -0.05) is 6.07 Å². The van der Waals surface area contributed by atoms with Crippen LogP contribution < -0.4 is 19.7 Å². The molecule has 1 fully saturated rings. The fourth-order valence-electron chi connectivity index (χ4n) is 2.94. The van der Waals surface area contributed by atoms with Gasteiger partial charge in [0.05, 0.1) is 27.4 Å². The Morgan fingerprint density at radius 3 is 2.48 bits per heavy atom. The van der Waals surface area contributed by atoms with Crippen LogP contribution in [0.25, 0.3) is 0 Å². The number of aromatic nitrogens is 1. The smallest absolute Gasteiger partial charge is 0.133 e. The lowest BCUT2D eigenvalue weighted by Crippen LogP contribution is -2.37. The van der Waals surface area contributed by atoms with Gasteiger partial charge in [-0.05, 0) is 23.8 Å². The van der Waals surface area contributed by atoms with E-state index in [1.54, 1.807) is 14.2 Å². The van der Waals surface area contributed by atoms with Crippen LogP contribution >= 0.6 is 0 Å². The van der Waals surface area contributed by atoms with Crippen LogP contribution in [0.5, 0.6) is 11.5 Å². The fraction of sp³-hybridized carbons (Fsp3) is 0.421. The summed E-state index contributed by atoms with van der Waals surface area (Å²) in [4.78, 5) is 6.86. The van der Waals surface area contributed by atoms with Crippen molar-refractivity contribution in [3.05, 3.63) is 47.7 Å². The zero-order chi connectivity index (χ0) is 17.5. The predicted molar refractivity (Wildman–Crippen MR) is 97.4 cm³/mol. The van der Waals surface area contributed by atoms with Crippen molar-refractivity contribution in [3.63, 3.8) is 0 Å². The van der Waals surface area contributed by atoms with Gasteiger partial charge in [0.25, 0.3) is 0 Å². The summed E-state index contributed by atoms with van der Waals surface area (Å²) in [6.45, 7) is 4.76. The van der Waals surface area contributed by atoms with E-state index >= 15 is 0 Å². The molecule has 134 valence electrons. The van der Waals surface area contributed by atoms with Crippen LogP contribution in [0.2, 0.25) is 0 Å². The fourth-order valence-corrected chi connectivity index (χ4v) is 2.94. The molecule has 0 radical (unpaired) electrons. The van der Waals surface area contributed by atoms with Crippen LogP contribution in [0, 0.1) is 0 Å². The maximum absolute atomic E-state index is 5.43. The van der Waals surface area contributed by atoms with Crippen molar-refractivity contribution in [2.24, 2.45) is 0 Å². The molecule has 0 aliphatic carbocycles. The maximum atomic E-state index is 5.43. The first-order chi connectivity index (χ1) is 12.3. The van der Waals surface area contributed by atoms with Crippen LogP contribution in [-0.4, -0.2) is 45.5 Å². The Morgan fingerprint density at radius 1 is 1.08 bits per heavy atom. The molecule has 1 aromatic heterocycles. The van der Waals surface area contributed by atoms with Crippen molar-refractivity contribution < 1.29 is 14.2 Å². The molecule has 3 rings (SSSR count). The van der Waals surface area contributed by atoms with Crippen LogP contribution in [0.4, 0.5) is 5.82 Å². The first-order valence-corrected chi connectivity index (χ1v) is 8.49. The molecule has 1 aliphatic rings. The zero-order valence-corrected chi connectivity index (χ0v) is 14.8. The Balaban J connectivity index is 1.64. The summed E-state index contributed by atoms with van der Waals surface area (Å²) in [5, 5.41) is 3.49. The number of morpholine rings is 1. The minimum absolute atomic E-state index is 0.727. The highest BCUT2D eigenvalue weighted by Gasteiger charge is 2.15. The SMILES string of the molecule is COc1cc(CNCc2cccnc2N2CCOCC2)cc(OC)c1. The van der Waals surface area contributed by atoms with E-state index in [0.717, 1.165) is 62.3 Å². The average Bonchev–Trinajstić information content (AvgIpc) is 2.68. The number of rotatable bonds is 7. The molecule has 0 saturated carbocycles. The third kappa shape index (κ3) is 4.61. The van der Waals surface area contributed by atoms with Gasteiger partial charge < -0.3 is 24.4 Å². The molecule has 1 aliphatic heterocycles. The lowest BCUT2D eigenvalue weighted by Gasteiger charge is -2.29. The standard InChI is InChI=1S/C19H25N3O3/c1-23-17-10-15(11-18(12-17)24-2)13-20-14-16-4-3-5-21-19(16)22-6-8-25-9-7-22/h3-5,10-12,20H,6-9,13-14H2,1-2H3. The highest BCUT2D eigenvalue weighted by atomic mass is 16.5. The van der Waals surface area contributed by atoms with Crippen molar-refractivity contribution >= 4 is 5.82 Å². The van der Waals surface area contributed by atoms with E-state index in [-0.39, 0.29) is 0 Å². The third-order valence-corrected chi connectivity index (χ3v) is 4.23. The molecule has 2 heterocycles. The number of hydrogen-bond donors (Lipinski definition) is 1. The maximum Gasteiger partial charge on any atom is 0.133 e. The minimum Gasteiger partial charge on any atom is -0.497 e. The van der Waals surface area contributed by atoms with Crippen molar-refractivity contribution in [1.82, 2.24) is 10.3 Å². The van der Waals surface area contributed by atoms with Gasteiger partial charge in [0, 0.05) is 44.0 Å². The summed E-state index contributed by atoms with van der Waals surface area (Å²) >= 11 is 0. The topological polar surface area (TPSA) is 55.9 Å². The largest absolute Gasteiger partial charge is 0.497 e. The molecule has 1 aromatic carbocycles. The minimum atomic E-state index is 0.727. The van der Waals surface area contributed by atoms with E-state index in [1.807, 2.05) is 30.5 Å². The number of hydrogen-bond acceptors (Lipinski definition) is 6. The summed E-state index contributed by atoms with van der Waals surface area (Å²) in [6, 6.07) is 10.0. The molecule has 0 spiro atoms. The Labute approximate surface area is 148 Å². The Hall–Kier alpha value is -2.31. The molecular weight excluding hydrogens is 318 g/mol. The molecule has 2 aromatic rings. The highest BCUT2D eigenvalue weighted by molar-refractivity contribution is 5.47. The number of pyridine rings is 1. The van der Waals surface area contributed by atoms with Crippen LogP contribution in [-0.2, 0) is 17.8 Å². The molecule has 1 saturated heterocycles. The van der Waals surface area contributed by atoms with Gasteiger partial charge in [-0.2, -0.15) is 0 Å². The summed E-state index contributed by atoms with van der Waals surface area (Å²) in [5.74, 6) is 2.64. The number of ether oxygens (including phenoxy) is 3. The monoisotopic (exact) mass is 343 g/mol. The number of anilines is 1. The molecule has 6 heteroatoms. The van der Waals surface area contributed by atoms with Gasteiger partial charge in [-0.3, -0.25) is 0 Å². The normalized spacial score (nSPS) is 14.4. The Kier molecular flexibility index (Phi) is 6.09. The Morgan fingerprint density at radius 2 is 1.80 bits per heavy atom. The zero-order valence-electron chi connectivity index (χ0n) is 14.8. The number of nitrogens with zero attached hydrogens (tertiary/aromatic N) is 2. The van der Waals surface area contributed by atoms with Crippen molar-refractivity contribution in [1.29, 1.82) is 0 Å². The highest BCUT2D eigenvalue weighted by Crippen LogP contribution is 2.23. The number of benzene rings is 1. The first-order valence-electron chi connectivity index (χ1n) is 8.49. The van der Waals surface area contributed by atoms with Gasteiger partial charge in [-0.15, -0.1) is 0 Å². The van der Waals surface area contributed by atoms with Crippen molar-refractivity contribution in [2.75, 3.05) is 45.4 Å². The predicted octanol–water partition coefficient (Wildman–Crippen LogP) is 2.23. The second kappa shape index (κ2) is 8.69. The van der Waals surface area contributed by atoms with E-state index in [9.17, 15) is 0 Å². The molecule has 0 unspecified atom stereocenters. The van der Waals surface area contributed by atoms with Crippen molar-refractivity contribution in [3.8, 4) is 11.5 Å². The summed E-state index contributed by atoms with van der Waals surface area (Å²) in [6.07, 6.45) is 1.85. The van der Waals surface area contributed by atoms with E-state index in [4.69, 9.17) is 14.2 Å². The van der Waals surface area contributed by atoms with E-state index in [0.29, 0.717) is 0 Å². The quantitative estimate of drug-likeness (QED) is 0.832. The third-order valence-electron chi connectivity index (χ3n) is 4.23.